The van der Waals surface area contributed by atoms with E-state index in [0.29, 0.717) is 23.9 Å². The van der Waals surface area contributed by atoms with E-state index in [0.717, 1.165) is 17.0 Å². The average Bonchev–Trinajstić information content (AvgIpc) is 3.19. The van der Waals surface area contributed by atoms with E-state index in [1.807, 2.05) is 29.7 Å². The van der Waals surface area contributed by atoms with Crippen LogP contribution in [-0.2, 0) is 11.3 Å². The number of carbonyl (C=O) groups excluding carboxylic acids is 2. The monoisotopic (exact) mass is 417 g/mol. The zero-order valence-electron chi connectivity index (χ0n) is 16.7. The molecule has 2 atom stereocenters. The van der Waals surface area contributed by atoms with Gasteiger partial charge in [-0.3, -0.25) is 14.6 Å². The van der Waals surface area contributed by atoms with E-state index in [2.05, 4.69) is 0 Å². The van der Waals surface area contributed by atoms with Gasteiger partial charge in [-0.15, -0.1) is 0 Å². The molecule has 0 spiro atoms. The third-order valence-electron chi connectivity index (χ3n) is 5.77. The van der Waals surface area contributed by atoms with Gasteiger partial charge in [-0.2, -0.15) is 0 Å². The second kappa shape index (κ2) is 7.35. The number of aliphatic imine (C=N–C) groups is 1. The van der Waals surface area contributed by atoms with Gasteiger partial charge in [-0.05, 0) is 38.0 Å². The molecule has 4 rings (SSSR count). The standard InChI is InChI=1S/C20H24ClN5O3/c1-12-13(2)26-16-17(22-19(26)24(12)8-5-9-27)23(3)20(29)25(18(16)28)11-14-6-4-7-15(21)10-14/h4,6-7,10,16-17,27H,5,8-9,11H2,1-3H3. The molecule has 3 aliphatic heterocycles. The molecule has 1 saturated heterocycles. The van der Waals surface area contributed by atoms with Crippen LogP contribution in [0.15, 0.2) is 40.7 Å². The van der Waals surface area contributed by atoms with Crippen LogP contribution in [0.1, 0.15) is 25.8 Å². The summed E-state index contributed by atoms with van der Waals surface area (Å²) in [7, 11) is 1.67. The number of nitrogens with zero attached hydrogens (tertiary/aromatic N) is 5. The number of benzene rings is 1. The lowest BCUT2D eigenvalue weighted by molar-refractivity contribution is -0.137. The van der Waals surface area contributed by atoms with Crippen molar-refractivity contribution in [3.63, 3.8) is 0 Å². The molecule has 1 fully saturated rings. The number of hydrogen-bond acceptors (Lipinski definition) is 6. The van der Waals surface area contributed by atoms with Crippen LogP contribution in [0.4, 0.5) is 4.79 Å². The number of fused-ring (bicyclic) bond motifs is 3. The number of guanidine groups is 1. The van der Waals surface area contributed by atoms with Crippen LogP contribution in [0.25, 0.3) is 0 Å². The van der Waals surface area contributed by atoms with Crippen molar-refractivity contribution in [2.45, 2.75) is 39.0 Å². The Morgan fingerprint density at radius 2 is 1.93 bits per heavy atom. The van der Waals surface area contributed by atoms with E-state index in [-0.39, 0.29) is 25.1 Å². The average molecular weight is 418 g/mol. The largest absolute Gasteiger partial charge is 0.396 e. The number of amides is 3. The SMILES string of the molecule is CC1=C(C)N2C(=NC3C2C(=O)N(Cc2cccc(Cl)c2)C(=O)N3C)N1CCCO. The van der Waals surface area contributed by atoms with E-state index in [9.17, 15) is 14.7 Å². The molecular formula is C20H24ClN5O3. The summed E-state index contributed by atoms with van der Waals surface area (Å²) in [6, 6.07) is 6.19. The van der Waals surface area contributed by atoms with Crippen molar-refractivity contribution < 1.29 is 14.7 Å². The predicted molar refractivity (Wildman–Crippen MR) is 109 cm³/mol. The zero-order chi connectivity index (χ0) is 20.9. The van der Waals surface area contributed by atoms with Gasteiger partial charge in [0.05, 0.1) is 6.54 Å². The second-order valence-electron chi connectivity index (χ2n) is 7.50. The summed E-state index contributed by atoms with van der Waals surface area (Å²) in [6.45, 7) is 4.77. The van der Waals surface area contributed by atoms with Crippen LogP contribution in [0.5, 0.6) is 0 Å². The van der Waals surface area contributed by atoms with Crippen molar-refractivity contribution in [3.05, 3.63) is 46.2 Å². The Kier molecular flexibility index (Phi) is 5.00. The third-order valence-corrected chi connectivity index (χ3v) is 6.01. The van der Waals surface area contributed by atoms with Gasteiger partial charge in [-0.1, -0.05) is 23.7 Å². The van der Waals surface area contributed by atoms with Crippen molar-refractivity contribution in [1.29, 1.82) is 0 Å². The van der Waals surface area contributed by atoms with Gasteiger partial charge in [0, 0.05) is 36.6 Å². The topological polar surface area (TPSA) is 79.7 Å². The van der Waals surface area contributed by atoms with Gasteiger partial charge < -0.3 is 14.9 Å². The maximum atomic E-state index is 13.4. The maximum Gasteiger partial charge on any atom is 0.328 e. The van der Waals surface area contributed by atoms with Gasteiger partial charge in [0.15, 0.2) is 12.2 Å². The van der Waals surface area contributed by atoms with Crippen LogP contribution in [0, 0.1) is 0 Å². The van der Waals surface area contributed by atoms with Crippen molar-refractivity contribution in [2.24, 2.45) is 4.99 Å². The van der Waals surface area contributed by atoms with Crippen molar-refractivity contribution in [2.75, 3.05) is 20.2 Å². The first-order valence-electron chi connectivity index (χ1n) is 9.60. The fraction of sp³-hybridized carbons (Fsp3) is 0.450. The number of aliphatic hydroxyl groups is 1. The fourth-order valence-electron chi connectivity index (χ4n) is 4.14. The molecule has 3 amide bonds. The minimum atomic E-state index is -0.596. The van der Waals surface area contributed by atoms with Gasteiger partial charge in [0.1, 0.15) is 0 Å². The van der Waals surface area contributed by atoms with Crippen molar-refractivity contribution in [3.8, 4) is 0 Å². The molecule has 0 radical (unpaired) electrons. The Morgan fingerprint density at radius 3 is 2.62 bits per heavy atom. The van der Waals surface area contributed by atoms with E-state index in [1.54, 1.807) is 25.2 Å². The Morgan fingerprint density at radius 1 is 1.17 bits per heavy atom. The van der Waals surface area contributed by atoms with Gasteiger partial charge in [0.2, 0.25) is 5.96 Å². The molecule has 0 aliphatic carbocycles. The van der Waals surface area contributed by atoms with E-state index < -0.39 is 12.2 Å². The summed E-state index contributed by atoms with van der Waals surface area (Å²) in [5, 5.41) is 9.78. The Hall–Kier alpha value is -2.58. The molecular weight excluding hydrogens is 394 g/mol. The maximum absolute atomic E-state index is 13.4. The Bertz CT molecular complexity index is 930. The van der Waals surface area contributed by atoms with Gasteiger partial charge in [0.25, 0.3) is 5.91 Å². The summed E-state index contributed by atoms with van der Waals surface area (Å²) in [5.41, 5.74) is 2.73. The lowest BCUT2D eigenvalue weighted by Crippen LogP contribution is -2.64. The molecule has 0 saturated carbocycles. The molecule has 1 aromatic carbocycles. The molecule has 1 N–H and O–H groups in total. The van der Waals surface area contributed by atoms with Gasteiger partial charge in [-0.25, -0.2) is 9.79 Å². The number of halogens is 1. The molecule has 9 heteroatoms. The normalized spacial score (nSPS) is 23.8. The summed E-state index contributed by atoms with van der Waals surface area (Å²) < 4.78 is 0. The highest BCUT2D eigenvalue weighted by molar-refractivity contribution is 6.30. The number of urea groups is 1. The minimum absolute atomic E-state index is 0.0771. The number of imide groups is 1. The predicted octanol–water partition coefficient (Wildman–Crippen LogP) is 2.05. The summed E-state index contributed by atoms with van der Waals surface area (Å²) in [6.07, 6.45) is 0.0245. The molecule has 2 unspecified atom stereocenters. The van der Waals surface area contributed by atoms with Crippen LogP contribution in [-0.4, -0.2) is 75.0 Å². The molecule has 8 nitrogen and oxygen atoms in total. The fourth-order valence-corrected chi connectivity index (χ4v) is 4.35. The molecule has 154 valence electrons. The lowest BCUT2D eigenvalue weighted by Gasteiger charge is -2.40. The first-order chi connectivity index (χ1) is 13.8. The highest BCUT2D eigenvalue weighted by atomic mass is 35.5. The van der Waals surface area contributed by atoms with Crippen LogP contribution in [0.2, 0.25) is 5.02 Å². The van der Waals surface area contributed by atoms with Crippen molar-refractivity contribution in [1.82, 2.24) is 19.6 Å². The molecule has 29 heavy (non-hydrogen) atoms. The smallest absolute Gasteiger partial charge is 0.328 e. The van der Waals surface area contributed by atoms with Crippen LogP contribution < -0.4 is 0 Å². The van der Waals surface area contributed by atoms with E-state index in [4.69, 9.17) is 16.6 Å². The Labute approximate surface area is 174 Å². The summed E-state index contributed by atoms with van der Waals surface area (Å²) in [5.74, 6) is 0.397. The number of aliphatic hydroxyl groups excluding tert-OH is 1. The third kappa shape index (κ3) is 3.07. The lowest BCUT2D eigenvalue weighted by atomic mass is 10.1. The highest BCUT2D eigenvalue weighted by Crippen LogP contribution is 2.38. The van der Waals surface area contributed by atoms with Gasteiger partial charge >= 0.3 is 6.03 Å². The van der Waals surface area contributed by atoms with Crippen LogP contribution in [0.3, 0.4) is 0 Å². The second-order valence-corrected chi connectivity index (χ2v) is 7.94. The highest BCUT2D eigenvalue weighted by Gasteiger charge is 2.55. The number of rotatable bonds is 5. The number of likely N-dealkylation sites (N-methyl/N-ethyl adjacent to an activating group) is 1. The van der Waals surface area contributed by atoms with Crippen molar-refractivity contribution >= 4 is 29.5 Å². The van der Waals surface area contributed by atoms with E-state index >= 15 is 0 Å². The number of hydrogen-bond donors (Lipinski definition) is 1. The zero-order valence-corrected chi connectivity index (χ0v) is 17.4. The molecule has 3 aliphatic rings. The number of allylic oxidation sites excluding steroid dienone is 2. The van der Waals surface area contributed by atoms with Crippen LogP contribution >= 0.6 is 11.6 Å². The minimum Gasteiger partial charge on any atom is -0.396 e. The summed E-state index contributed by atoms with van der Waals surface area (Å²) >= 11 is 6.06. The number of carbonyl (C=O) groups is 2. The molecule has 3 heterocycles. The first kappa shape index (κ1) is 19.7. The first-order valence-corrected chi connectivity index (χ1v) is 9.98. The molecule has 1 aromatic rings. The Balaban J connectivity index is 1.65. The summed E-state index contributed by atoms with van der Waals surface area (Å²) in [4.78, 5) is 37.8. The van der Waals surface area contributed by atoms with E-state index in [1.165, 1.54) is 9.80 Å². The quantitative estimate of drug-likeness (QED) is 0.793. The molecule has 0 bridgehead atoms. The molecule has 0 aromatic heterocycles.